The summed E-state index contributed by atoms with van der Waals surface area (Å²) in [5.41, 5.74) is 0.921. The second-order valence-electron chi connectivity index (χ2n) is 7.88. The number of piperazine rings is 1. The highest BCUT2D eigenvalue weighted by Crippen LogP contribution is 2.23. The van der Waals surface area contributed by atoms with E-state index in [1.165, 1.54) is 16.9 Å². The van der Waals surface area contributed by atoms with Crippen LogP contribution in [0.3, 0.4) is 0 Å². The van der Waals surface area contributed by atoms with Crippen molar-refractivity contribution < 1.29 is 13.2 Å². The molecule has 0 aliphatic carbocycles. The highest BCUT2D eigenvalue weighted by molar-refractivity contribution is 7.88. The molecule has 1 amide bonds. The Morgan fingerprint density at radius 2 is 1.70 bits per heavy atom. The first kappa shape index (κ1) is 20.7. The summed E-state index contributed by atoms with van der Waals surface area (Å²) in [7, 11) is -3.18. The highest BCUT2D eigenvalue weighted by atomic mass is 32.2. The van der Waals surface area contributed by atoms with Crippen LogP contribution >= 0.6 is 0 Å². The number of anilines is 1. The molecule has 0 aromatic carbocycles. The average molecular weight is 434 g/mol. The number of carbonyl (C=O) groups is 1. The van der Waals surface area contributed by atoms with Gasteiger partial charge >= 0.3 is 0 Å². The lowest BCUT2D eigenvalue weighted by molar-refractivity contribution is -0.137. The van der Waals surface area contributed by atoms with Gasteiger partial charge in [-0.15, -0.1) is 0 Å². The lowest BCUT2D eigenvalue weighted by Crippen LogP contribution is -2.52. The zero-order valence-electron chi connectivity index (χ0n) is 17.3. The van der Waals surface area contributed by atoms with Gasteiger partial charge in [-0.05, 0) is 25.8 Å². The van der Waals surface area contributed by atoms with Gasteiger partial charge in [-0.1, -0.05) is 0 Å². The molecule has 2 aliphatic heterocycles. The van der Waals surface area contributed by atoms with E-state index in [9.17, 15) is 13.2 Å². The first-order valence-electron chi connectivity index (χ1n) is 10.1. The fourth-order valence-electron chi connectivity index (χ4n) is 4.03. The minimum atomic E-state index is -3.18. The quantitative estimate of drug-likeness (QED) is 0.682. The fraction of sp³-hybridized carbons (Fsp3) is 0.579. The molecule has 0 N–H and O–H groups in total. The zero-order chi connectivity index (χ0) is 21.3. The van der Waals surface area contributed by atoms with Gasteiger partial charge in [0.25, 0.3) is 0 Å². The summed E-state index contributed by atoms with van der Waals surface area (Å²) in [5, 5.41) is 4.39. The van der Waals surface area contributed by atoms with Gasteiger partial charge in [-0.25, -0.2) is 27.4 Å². The molecule has 2 saturated heterocycles. The molecule has 2 aromatic rings. The summed E-state index contributed by atoms with van der Waals surface area (Å²) < 4.78 is 26.5. The molecule has 2 aromatic heterocycles. The Morgan fingerprint density at radius 3 is 2.30 bits per heavy atom. The van der Waals surface area contributed by atoms with E-state index >= 15 is 0 Å². The SMILES string of the molecule is Cc1ccn(-c2cc(N3CCN(C(=O)C4CCN(S(C)(=O)=O)CC4)CC3)ncn2)n1. The normalized spacial score (nSPS) is 19.3. The van der Waals surface area contributed by atoms with Crippen molar-refractivity contribution in [1.82, 2.24) is 29.0 Å². The Balaban J connectivity index is 1.34. The number of hydrogen-bond donors (Lipinski definition) is 0. The van der Waals surface area contributed by atoms with Crippen molar-refractivity contribution >= 4 is 21.7 Å². The molecule has 4 heterocycles. The number of amides is 1. The van der Waals surface area contributed by atoms with Crippen LogP contribution in [-0.2, 0) is 14.8 Å². The summed E-state index contributed by atoms with van der Waals surface area (Å²) >= 11 is 0. The van der Waals surface area contributed by atoms with E-state index in [-0.39, 0.29) is 11.8 Å². The number of aryl methyl sites for hydroxylation is 1. The van der Waals surface area contributed by atoms with E-state index in [0.717, 1.165) is 11.5 Å². The molecule has 11 heteroatoms. The van der Waals surface area contributed by atoms with Crippen molar-refractivity contribution in [3.8, 4) is 5.82 Å². The maximum absolute atomic E-state index is 12.9. The van der Waals surface area contributed by atoms with Gasteiger partial charge in [-0.2, -0.15) is 5.10 Å². The van der Waals surface area contributed by atoms with E-state index in [1.807, 2.05) is 30.2 Å². The van der Waals surface area contributed by atoms with Crippen LogP contribution in [0, 0.1) is 12.8 Å². The van der Waals surface area contributed by atoms with Crippen LogP contribution in [0.1, 0.15) is 18.5 Å². The maximum Gasteiger partial charge on any atom is 0.225 e. The molecule has 2 fully saturated rings. The van der Waals surface area contributed by atoms with Crippen molar-refractivity contribution in [3.63, 3.8) is 0 Å². The molecule has 2 aliphatic rings. The first-order chi connectivity index (χ1) is 14.3. The van der Waals surface area contributed by atoms with E-state index in [0.29, 0.717) is 57.9 Å². The predicted molar refractivity (Wildman–Crippen MR) is 112 cm³/mol. The third-order valence-corrected chi connectivity index (χ3v) is 7.09. The van der Waals surface area contributed by atoms with Crippen molar-refractivity contribution in [2.45, 2.75) is 19.8 Å². The molecule has 0 bridgehead atoms. The molecular weight excluding hydrogens is 406 g/mol. The largest absolute Gasteiger partial charge is 0.353 e. The van der Waals surface area contributed by atoms with Crippen LogP contribution in [0.15, 0.2) is 24.7 Å². The standard InChI is InChI=1S/C19H27N7O3S/c1-15-3-8-26(22-15)18-13-17(20-14-21-18)23-9-11-24(12-10-23)19(27)16-4-6-25(7-5-16)30(2,28)29/h3,8,13-14,16H,4-7,9-12H2,1-2H3. The van der Waals surface area contributed by atoms with Gasteiger partial charge in [0, 0.05) is 57.4 Å². The second-order valence-corrected chi connectivity index (χ2v) is 9.87. The summed E-state index contributed by atoms with van der Waals surface area (Å²) in [6.45, 7) is 5.43. The van der Waals surface area contributed by atoms with Crippen molar-refractivity contribution in [3.05, 3.63) is 30.4 Å². The van der Waals surface area contributed by atoms with Crippen LogP contribution in [0.5, 0.6) is 0 Å². The van der Waals surface area contributed by atoms with Gasteiger partial charge in [0.15, 0.2) is 5.82 Å². The Morgan fingerprint density at radius 1 is 1.03 bits per heavy atom. The third kappa shape index (κ3) is 4.46. The summed E-state index contributed by atoms with van der Waals surface area (Å²) in [5.74, 6) is 1.58. The van der Waals surface area contributed by atoms with Crippen LogP contribution < -0.4 is 4.90 Å². The average Bonchev–Trinajstić information content (AvgIpc) is 3.19. The first-order valence-corrected chi connectivity index (χ1v) is 12.0. The zero-order valence-corrected chi connectivity index (χ0v) is 18.1. The lowest BCUT2D eigenvalue weighted by atomic mass is 9.96. The number of aromatic nitrogens is 4. The Bertz CT molecular complexity index is 1010. The van der Waals surface area contributed by atoms with Crippen molar-refractivity contribution in [1.29, 1.82) is 0 Å². The topological polar surface area (TPSA) is 105 Å². The molecule has 162 valence electrons. The van der Waals surface area contributed by atoms with Gasteiger partial charge < -0.3 is 9.80 Å². The van der Waals surface area contributed by atoms with Gasteiger partial charge in [0.05, 0.1) is 11.9 Å². The van der Waals surface area contributed by atoms with E-state index in [2.05, 4.69) is 20.0 Å². The molecule has 30 heavy (non-hydrogen) atoms. The number of piperidine rings is 1. The number of rotatable bonds is 4. The predicted octanol–water partition coefficient (Wildman–Crippen LogP) is 0.291. The number of hydrogen-bond acceptors (Lipinski definition) is 7. The molecular formula is C19H27N7O3S. The molecule has 4 rings (SSSR count). The monoisotopic (exact) mass is 433 g/mol. The van der Waals surface area contributed by atoms with Crippen molar-refractivity contribution in [2.24, 2.45) is 5.92 Å². The van der Waals surface area contributed by atoms with E-state index in [4.69, 9.17) is 0 Å². The smallest absolute Gasteiger partial charge is 0.225 e. The molecule has 0 atom stereocenters. The Kier molecular flexibility index (Phi) is 5.74. The lowest BCUT2D eigenvalue weighted by Gasteiger charge is -2.38. The van der Waals surface area contributed by atoms with Gasteiger partial charge in [-0.3, -0.25) is 4.79 Å². The summed E-state index contributed by atoms with van der Waals surface area (Å²) in [6.07, 6.45) is 5.80. The number of sulfonamides is 1. The van der Waals surface area contributed by atoms with Crippen molar-refractivity contribution in [2.75, 3.05) is 50.4 Å². The van der Waals surface area contributed by atoms with Crippen LogP contribution in [0.4, 0.5) is 5.82 Å². The minimum absolute atomic E-state index is 0.0942. The maximum atomic E-state index is 12.9. The fourth-order valence-corrected chi connectivity index (χ4v) is 4.90. The van der Waals surface area contributed by atoms with Crippen LogP contribution in [0.2, 0.25) is 0 Å². The third-order valence-electron chi connectivity index (χ3n) is 5.78. The summed E-state index contributed by atoms with van der Waals surface area (Å²) in [4.78, 5) is 25.6. The van der Waals surface area contributed by atoms with Crippen LogP contribution in [0.25, 0.3) is 5.82 Å². The summed E-state index contributed by atoms with van der Waals surface area (Å²) in [6, 6.07) is 3.83. The number of carbonyl (C=O) groups excluding carboxylic acids is 1. The molecule has 0 saturated carbocycles. The number of nitrogens with zero attached hydrogens (tertiary/aromatic N) is 7. The molecule has 0 spiro atoms. The van der Waals surface area contributed by atoms with E-state index in [1.54, 1.807) is 4.68 Å². The van der Waals surface area contributed by atoms with Gasteiger partial charge in [0.1, 0.15) is 12.1 Å². The molecule has 10 nitrogen and oxygen atoms in total. The van der Waals surface area contributed by atoms with Gasteiger partial charge in [0.2, 0.25) is 15.9 Å². The van der Waals surface area contributed by atoms with Crippen LogP contribution in [-0.4, -0.2) is 88.8 Å². The molecule has 0 unspecified atom stereocenters. The highest BCUT2D eigenvalue weighted by Gasteiger charge is 2.32. The Labute approximate surface area is 176 Å². The molecule has 0 radical (unpaired) electrons. The minimum Gasteiger partial charge on any atom is -0.353 e. The van der Waals surface area contributed by atoms with E-state index < -0.39 is 10.0 Å². The second kappa shape index (κ2) is 8.31. The Hall–Kier alpha value is -2.53.